The highest BCUT2D eigenvalue weighted by Gasteiger charge is 2.09. The molecule has 1 aromatic heterocycles. The summed E-state index contributed by atoms with van der Waals surface area (Å²) >= 11 is 0. The van der Waals surface area contributed by atoms with Gasteiger partial charge in [0.15, 0.2) is 0 Å². The van der Waals surface area contributed by atoms with Gasteiger partial charge in [-0.1, -0.05) is 30.3 Å². The summed E-state index contributed by atoms with van der Waals surface area (Å²) in [5, 5.41) is 2.83. The summed E-state index contributed by atoms with van der Waals surface area (Å²) in [6.45, 7) is 0.487. The minimum atomic E-state index is -0.200. The average Bonchev–Trinajstić information content (AvgIpc) is 2.46. The van der Waals surface area contributed by atoms with Crippen LogP contribution in [-0.2, 0) is 6.54 Å². The number of benzene rings is 1. The fourth-order valence-corrected chi connectivity index (χ4v) is 1.58. The Labute approximate surface area is 112 Å². The van der Waals surface area contributed by atoms with Gasteiger partial charge in [-0.3, -0.25) is 4.79 Å². The predicted molar refractivity (Wildman–Crippen MR) is 74.0 cm³/mol. The highest BCUT2D eigenvalue weighted by molar-refractivity contribution is 5.92. The minimum absolute atomic E-state index is 0.200. The Bertz CT molecular complexity index is 554. The molecule has 5 heteroatoms. The Morgan fingerprint density at radius 3 is 2.63 bits per heavy atom. The molecule has 0 bridgehead atoms. The van der Waals surface area contributed by atoms with E-state index in [2.05, 4.69) is 15.3 Å². The van der Waals surface area contributed by atoms with Gasteiger partial charge in [-0.05, 0) is 5.56 Å². The van der Waals surface area contributed by atoms with E-state index in [1.165, 1.54) is 6.33 Å². The first-order valence-corrected chi connectivity index (χ1v) is 5.98. The molecule has 1 heterocycles. The molecule has 2 rings (SSSR count). The van der Waals surface area contributed by atoms with Gasteiger partial charge in [-0.15, -0.1) is 0 Å². The summed E-state index contributed by atoms with van der Waals surface area (Å²) < 4.78 is 0. The zero-order chi connectivity index (χ0) is 13.7. The molecule has 1 N–H and O–H groups in total. The molecule has 5 nitrogen and oxygen atoms in total. The lowest BCUT2D eigenvalue weighted by molar-refractivity contribution is 0.0946. The van der Waals surface area contributed by atoms with Crippen LogP contribution in [-0.4, -0.2) is 30.0 Å². The fraction of sp³-hybridized carbons (Fsp3) is 0.214. The average molecular weight is 256 g/mol. The third-order valence-electron chi connectivity index (χ3n) is 2.64. The van der Waals surface area contributed by atoms with Gasteiger partial charge in [-0.25, -0.2) is 9.97 Å². The molecule has 0 aliphatic carbocycles. The summed E-state index contributed by atoms with van der Waals surface area (Å²) in [5.74, 6) is 0.509. The molecular formula is C14H16N4O. The van der Waals surface area contributed by atoms with Gasteiger partial charge in [0.1, 0.15) is 17.8 Å². The number of rotatable bonds is 4. The third-order valence-corrected chi connectivity index (χ3v) is 2.64. The van der Waals surface area contributed by atoms with Crippen molar-refractivity contribution in [1.29, 1.82) is 0 Å². The number of hydrogen-bond acceptors (Lipinski definition) is 4. The number of nitrogens with zero attached hydrogens (tertiary/aromatic N) is 3. The Morgan fingerprint density at radius 1 is 1.21 bits per heavy atom. The third kappa shape index (κ3) is 3.51. The molecule has 0 aliphatic rings. The van der Waals surface area contributed by atoms with Gasteiger partial charge < -0.3 is 10.2 Å². The molecule has 1 aromatic carbocycles. The van der Waals surface area contributed by atoms with Crippen molar-refractivity contribution in [1.82, 2.24) is 15.3 Å². The summed E-state index contributed by atoms with van der Waals surface area (Å²) in [5.41, 5.74) is 1.42. The molecule has 0 fully saturated rings. The van der Waals surface area contributed by atoms with Crippen molar-refractivity contribution in [2.45, 2.75) is 6.54 Å². The van der Waals surface area contributed by atoms with Crippen LogP contribution in [0.4, 0.5) is 5.82 Å². The number of anilines is 1. The maximum atomic E-state index is 12.0. The molecule has 2 aromatic rings. The zero-order valence-electron chi connectivity index (χ0n) is 11.0. The second-order valence-corrected chi connectivity index (χ2v) is 4.32. The van der Waals surface area contributed by atoms with Gasteiger partial charge in [0.2, 0.25) is 0 Å². The Hall–Kier alpha value is -2.43. The second kappa shape index (κ2) is 5.95. The highest BCUT2D eigenvalue weighted by Crippen LogP contribution is 2.07. The molecule has 98 valence electrons. The highest BCUT2D eigenvalue weighted by atomic mass is 16.1. The van der Waals surface area contributed by atoms with Gasteiger partial charge in [-0.2, -0.15) is 0 Å². The van der Waals surface area contributed by atoms with E-state index in [9.17, 15) is 4.79 Å². The lowest BCUT2D eigenvalue weighted by atomic mass is 10.2. The normalized spacial score (nSPS) is 10.0. The Kier molecular flexibility index (Phi) is 4.07. The van der Waals surface area contributed by atoms with Gasteiger partial charge in [0.05, 0.1) is 0 Å². The number of carbonyl (C=O) groups excluding carboxylic acids is 1. The topological polar surface area (TPSA) is 58.1 Å². The molecule has 1 amide bonds. The molecule has 0 atom stereocenters. The van der Waals surface area contributed by atoms with E-state index < -0.39 is 0 Å². The predicted octanol–water partition coefficient (Wildman–Crippen LogP) is 1.47. The molecule has 19 heavy (non-hydrogen) atoms. The van der Waals surface area contributed by atoms with Crippen LogP contribution < -0.4 is 10.2 Å². The molecule has 0 saturated heterocycles. The van der Waals surface area contributed by atoms with Crippen molar-refractivity contribution in [3.63, 3.8) is 0 Å². The standard InChI is InChI=1S/C14H16N4O/c1-18(2)13-8-12(16-10-17-13)14(19)15-9-11-6-4-3-5-7-11/h3-8,10H,9H2,1-2H3,(H,15,19). The van der Waals surface area contributed by atoms with Crippen molar-refractivity contribution in [2.75, 3.05) is 19.0 Å². The van der Waals surface area contributed by atoms with Crippen molar-refractivity contribution < 1.29 is 4.79 Å². The fourth-order valence-electron chi connectivity index (χ4n) is 1.58. The van der Waals surface area contributed by atoms with Crippen LogP contribution in [0.3, 0.4) is 0 Å². The first-order chi connectivity index (χ1) is 9.16. The first kappa shape index (κ1) is 13.0. The Balaban J connectivity index is 2.02. The van der Waals surface area contributed by atoms with Crippen molar-refractivity contribution >= 4 is 11.7 Å². The number of hydrogen-bond donors (Lipinski definition) is 1. The maximum Gasteiger partial charge on any atom is 0.270 e. The van der Waals surface area contributed by atoms with Gasteiger partial charge in [0.25, 0.3) is 5.91 Å². The molecule has 0 spiro atoms. The summed E-state index contributed by atoms with van der Waals surface area (Å²) in [6.07, 6.45) is 1.40. The number of amides is 1. The van der Waals surface area contributed by atoms with Crippen LogP contribution in [0.25, 0.3) is 0 Å². The first-order valence-electron chi connectivity index (χ1n) is 5.98. The lowest BCUT2D eigenvalue weighted by Gasteiger charge is -2.11. The SMILES string of the molecule is CN(C)c1cc(C(=O)NCc2ccccc2)ncn1. The molecular weight excluding hydrogens is 240 g/mol. The van der Waals surface area contributed by atoms with Gasteiger partial charge in [0, 0.05) is 26.7 Å². The van der Waals surface area contributed by atoms with E-state index in [0.29, 0.717) is 18.1 Å². The number of aromatic nitrogens is 2. The van der Waals surface area contributed by atoms with E-state index in [1.54, 1.807) is 6.07 Å². The van der Waals surface area contributed by atoms with E-state index in [-0.39, 0.29) is 5.91 Å². The van der Waals surface area contributed by atoms with Crippen LogP contribution in [0.5, 0.6) is 0 Å². The molecule has 0 aliphatic heterocycles. The van der Waals surface area contributed by atoms with E-state index in [4.69, 9.17) is 0 Å². The second-order valence-electron chi connectivity index (χ2n) is 4.32. The van der Waals surface area contributed by atoms with Crippen molar-refractivity contribution in [3.05, 3.63) is 54.0 Å². The van der Waals surface area contributed by atoms with E-state index in [0.717, 1.165) is 5.56 Å². The smallest absolute Gasteiger partial charge is 0.270 e. The molecule has 0 unspecified atom stereocenters. The summed E-state index contributed by atoms with van der Waals surface area (Å²) in [4.78, 5) is 21.9. The minimum Gasteiger partial charge on any atom is -0.363 e. The van der Waals surface area contributed by atoms with Crippen LogP contribution in [0, 0.1) is 0 Å². The van der Waals surface area contributed by atoms with E-state index >= 15 is 0 Å². The monoisotopic (exact) mass is 256 g/mol. The number of carbonyl (C=O) groups is 1. The quantitative estimate of drug-likeness (QED) is 0.900. The van der Waals surface area contributed by atoms with E-state index in [1.807, 2.05) is 49.3 Å². The molecule has 0 saturated carbocycles. The largest absolute Gasteiger partial charge is 0.363 e. The zero-order valence-corrected chi connectivity index (χ0v) is 11.0. The summed E-state index contributed by atoms with van der Waals surface area (Å²) in [7, 11) is 3.74. The van der Waals surface area contributed by atoms with Gasteiger partial charge >= 0.3 is 0 Å². The van der Waals surface area contributed by atoms with Crippen molar-refractivity contribution in [3.8, 4) is 0 Å². The number of nitrogens with one attached hydrogen (secondary N) is 1. The van der Waals surface area contributed by atoms with Crippen LogP contribution >= 0.6 is 0 Å². The summed E-state index contributed by atoms with van der Waals surface area (Å²) in [6, 6.07) is 11.4. The maximum absolute atomic E-state index is 12.0. The van der Waals surface area contributed by atoms with Crippen molar-refractivity contribution in [2.24, 2.45) is 0 Å². The Morgan fingerprint density at radius 2 is 1.95 bits per heavy atom. The van der Waals surface area contributed by atoms with Crippen LogP contribution in [0.15, 0.2) is 42.7 Å². The van der Waals surface area contributed by atoms with Crippen LogP contribution in [0.2, 0.25) is 0 Å². The van der Waals surface area contributed by atoms with Crippen LogP contribution in [0.1, 0.15) is 16.1 Å². The molecule has 0 radical (unpaired) electrons. The lowest BCUT2D eigenvalue weighted by Crippen LogP contribution is -2.24.